The summed E-state index contributed by atoms with van der Waals surface area (Å²) in [6, 6.07) is 22.7. The second kappa shape index (κ2) is 8.56. The van der Waals surface area contributed by atoms with E-state index < -0.39 is 0 Å². The lowest BCUT2D eigenvalue weighted by Crippen LogP contribution is -2.29. The number of anilines is 1. The quantitative estimate of drug-likeness (QED) is 0.434. The lowest BCUT2D eigenvalue weighted by molar-refractivity contribution is 0.102. The lowest BCUT2D eigenvalue weighted by Gasteiger charge is -2.26. The Balaban J connectivity index is 1.34. The smallest absolute Gasteiger partial charge is 0.255 e. The van der Waals surface area contributed by atoms with E-state index in [1.165, 1.54) is 59.7 Å². The molecule has 0 saturated carbocycles. The van der Waals surface area contributed by atoms with E-state index in [0.29, 0.717) is 5.56 Å². The molecule has 3 aromatic carbocycles. The molecule has 0 spiro atoms. The Morgan fingerprint density at radius 3 is 2.39 bits per heavy atom. The number of benzene rings is 3. The molecule has 0 bridgehead atoms. The second-order valence-corrected chi connectivity index (χ2v) is 8.48. The Labute approximate surface area is 183 Å². The highest BCUT2D eigenvalue weighted by molar-refractivity contribution is 6.11. The molecule has 0 unspecified atom stereocenters. The number of hydrogen-bond acceptors (Lipinski definition) is 2. The fourth-order valence-corrected chi connectivity index (χ4v) is 4.81. The molecule has 1 N–H and O–H groups in total. The van der Waals surface area contributed by atoms with Gasteiger partial charge in [-0.2, -0.15) is 0 Å². The van der Waals surface area contributed by atoms with E-state index in [0.717, 1.165) is 18.8 Å². The van der Waals surface area contributed by atoms with Crippen molar-refractivity contribution < 1.29 is 4.79 Å². The molecule has 1 fully saturated rings. The molecule has 5 rings (SSSR count). The number of piperidine rings is 1. The van der Waals surface area contributed by atoms with Crippen LogP contribution in [0.15, 0.2) is 66.7 Å². The van der Waals surface area contributed by atoms with Crippen LogP contribution in [-0.2, 0) is 13.1 Å². The fraction of sp³-hybridized carbons (Fsp3) is 0.296. The molecule has 31 heavy (non-hydrogen) atoms. The van der Waals surface area contributed by atoms with E-state index in [1.54, 1.807) is 0 Å². The van der Waals surface area contributed by atoms with Gasteiger partial charge in [-0.05, 0) is 74.8 Å². The van der Waals surface area contributed by atoms with E-state index in [9.17, 15) is 4.79 Å². The van der Waals surface area contributed by atoms with Gasteiger partial charge in [-0.15, -0.1) is 0 Å². The predicted octanol–water partition coefficient (Wildman–Crippen LogP) is 6.05. The molecule has 4 aromatic rings. The molecule has 1 aliphatic heterocycles. The number of nitrogens with one attached hydrogen (secondary N) is 1. The third kappa shape index (κ3) is 3.96. The second-order valence-electron chi connectivity index (χ2n) is 8.48. The molecule has 0 radical (unpaired) electrons. The number of rotatable bonds is 5. The van der Waals surface area contributed by atoms with Crippen molar-refractivity contribution in [2.75, 3.05) is 18.4 Å². The third-order valence-electron chi connectivity index (χ3n) is 6.42. The molecule has 0 aliphatic carbocycles. The third-order valence-corrected chi connectivity index (χ3v) is 6.42. The van der Waals surface area contributed by atoms with Gasteiger partial charge >= 0.3 is 0 Å². The maximum absolute atomic E-state index is 12.8. The van der Waals surface area contributed by atoms with Crippen molar-refractivity contribution in [3.63, 3.8) is 0 Å². The number of hydrogen-bond donors (Lipinski definition) is 1. The first kappa shape index (κ1) is 19.8. The number of carbonyl (C=O) groups excluding carboxylic acids is 1. The van der Waals surface area contributed by atoms with Crippen molar-refractivity contribution >= 4 is 33.4 Å². The van der Waals surface area contributed by atoms with Gasteiger partial charge in [0.05, 0.1) is 0 Å². The van der Waals surface area contributed by atoms with E-state index in [4.69, 9.17) is 0 Å². The van der Waals surface area contributed by atoms with Crippen molar-refractivity contribution in [1.29, 1.82) is 0 Å². The number of aryl methyl sites for hydroxylation is 1. The van der Waals surface area contributed by atoms with Gasteiger partial charge in [0.1, 0.15) is 0 Å². The molecular weight excluding hydrogens is 382 g/mol. The maximum Gasteiger partial charge on any atom is 0.255 e. The SMILES string of the molecule is CCn1c2ccccc2c2cc(NC(=O)c3ccc(CN4CCCCC4)cc3)ccc21. The standard InChI is InChI=1S/C27H29N3O/c1-2-30-25-9-5-4-8-23(25)24-18-22(14-15-26(24)30)28-27(31)21-12-10-20(11-13-21)19-29-16-6-3-7-17-29/h4-5,8-15,18H,2-3,6-7,16-17,19H2,1H3,(H,28,31). The van der Waals surface area contributed by atoms with Crippen LogP contribution in [0.2, 0.25) is 0 Å². The summed E-state index contributed by atoms with van der Waals surface area (Å²) in [7, 11) is 0. The zero-order valence-electron chi connectivity index (χ0n) is 18.1. The van der Waals surface area contributed by atoms with Gasteiger partial charge in [-0.3, -0.25) is 9.69 Å². The number of amides is 1. The Morgan fingerprint density at radius 2 is 1.61 bits per heavy atom. The van der Waals surface area contributed by atoms with Gasteiger partial charge < -0.3 is 9.88 Å². The summed E-state index contributed by atoms with van der Waals surface area (Å²) in [5, 5.41) is 5.48. The Morgan fingerprint density at radius 1 is 0.871 bits per heavy atom. The first-order chi connectivity index (χ1) is 15.2. The van der Waals surface area contributed by atoms with Gasteiger partial charge in [0.25, 0.3) is 5.91 Å². The zero-order valence-corrected chi connectivity index (χ0v) is 18.1. The molecular formula is C27H29N3O. The van der Waals surface area contributed by atoms with Crippen LogP contribution >= 0.6 is 0 Å². The highest BCUT2D eigenvalue weighted by Gasteiger charge is 2.13. The van der Waals surface area contributed by atoms with Crippen LogP contribution < -0.4 is 5.32 Å². The molecule has 2 heterocycles. The predicted molar refractivity (Wildman–Crippen MR) is 129 cm³/mol. The average Bonchev–Trinajstić information content (AvgIpc) is 3.13. The molecule has 1 aromatic heterocycles. The number of aromatic nitrogens is 1. The lowest BCUT2D eigenvalue weighted by atomic mass is 10.1. The van der Waals surface area contributed by atoms with Crippen molar-refractivity contribution in [3.05, 3.63) is 77.9 Å². The average molecular weight is 412 g/mol. The molecule has 1 amide bonds. The highest BCUT2D eigenvalue weighted by Crippen LogP contribution is 2.31. The van der Waals surface area contributed by atoms with Crippen LogP contribution in [0.3, 0.4) is 0 Å². The molecule has 1 saturated heterocycles. The Hall–Kier alpha value is -3.11. The summed E-state index contributed by atoms with van der Waals surface area (Å²) >= 11 is 0. The number of nitrogens with zero attached hydrogens (tertiary/aromatic N) is 2. The van der Waals surface area contributed by atoms with Crippen LogP contribution in [0.5, 0.6) is 0 Å². The van der Waals surface area contributed by atoms with E-state index >= 15 is 0 Å². The first-order valence-corrected chi connectivity index (χ1v) is 11.4. The largest absolute Gasteiger partial charge is 0.341 e. The minimum atomic E-state index is -0.0666. The maximum atomic E-state index is 12.8. The van der Waals surface area contributed by atoms with Crippen molar-refractivity contribution in [2.24, 2.45) is 0 Å². The molecule has 1 aliphatic rings. The van der Waals surface area contributed by atoms with Crippen LogP contribution in [0, 0.1) is 0 Å². The number of carbonyl (C=O) groups is 1. The van der Waals surface area contributed by atoms with Gasteiger partial charge in [0.15, 0.2) is 0 Å². The van der Waals surface area contributed by atoms with E-state index in [2.05, 4.69) is 70.2 Å². The van der Waals surface area contributed by atoms with Crippen molar-refractivity contribution in [1.82, 2.24) is 9.47 Å². The summed E-state index contributed by atoms with van der Waals surface area (Å²) in [5.41, 5.74) is 5.22. The van der Waals surface area contributed by atoms with E-state index in [-0.39, 0.29) is 5.91 Å². The summed E-state index contributed by atoms with van der Waals surface area (Å²) in [5.74, 6) is -0.0666. The van der Waals surface area contributed by atoms with Crippen LogP contribution in [0.25, 0.3) is 21.8 Å². The molecule has 4 heteroatoms. The van der Waals surface area contributed by atoms with Crippen molar-refractivity contribution in [3.8, 4) is 0 Å². The normalized spacial score (nSPS) is 14.9. The van der Waals surface area contributed by atoms with Crippen LogP contribution in [0.1, 0.15) is 42.1 Å². The Bertz CT molecular complexity index is 1220. The molecule has 0 atom stereocenters. The topological polar surface area (TPSA) is 37.3 Å². The monoisotopic (exact) mass is 411 g/mol. The summed E-state index contributed by atoms with van der Waals surface area (Å²) in [6.07, 6.45) is 3.93. The van der Waals surface area contributed by atoms with Crippen LogP contribution in [-0.4, -0.2) is 28.5 Å². The number of likely N-dealkylation sites (tertiary alicyclic amines) is 1. The zero-order chi connectivity index (χ0) is 21.2. The van der Waals surface area contributed by atoms with Gasteiger partial charge in [-0.25, -0.2) is 0 Å². The van der Waals surface area contributed by atoms with Crippen LogP contribution in [0.4, 0.5) is 5.69 Å². The summed E-state index contributed by atoms with van der Waals surface area (Å²) in [6.45, 7) is 6.41. The minimum absolute atomic E-state index is 0.0666. The first-order valence-electron chi connectivity index (χ1n) is 11.4. The van der Waals surface area contributed by atoms with Crippen molar-refractivity contribution in [2.45, 2.75) is 39.3 Å². The minimum Gasteiger partial charge on any atom is -0.341 e. The Kier molecular flexibility index (Phi) is 5.47. The molecule has 158 valence electrons. The number of fused-ring (bicyclic) bond motifs is 3. The number of para-hydroxylation sites is 1. The van der Waals surface area contributed by atoms with Gasteiger partial charge in [0.2, 0.25) is 0 Å². The van der Waals surface area contributed by atoms with Gasteiger partial charge in [0, 0.05) is 46.1 Å². The van der Waals surface area contributed by atoms with Gasteiger partial charge in [-0.1, -0.05) is 36.8 Å². The van der Waals surface area contributed by atoms with E-state index in [1.807, 2.05) is 18.2 Å². The summed E-state index contributed by atoms with van der Waals surface area (Å²) < 4.78 is 2.32. The fourth-order valence-electron chi connectivity index (χ4n) is 4.81. The highest BCUT2D eigenvalue weighted by atomic mass is 16.1. The summed E-state index contributed by atoms with van der Waals surface area (Å²) in [4.78, 5) is 15.4. The molecule has 4 nitrogen and oxygen atoms in total.